The minimum Gasteiger partial charge on any atom is -0.372 e. The van der Waals surface area contributed by atoms with Gasteiger partial charge in [-0.05, 0) is 52.9 Å². The van der Waals surface area contributed by atoms with Gasteiger partial charge in [-0.1, -0.05) is 6.07 Å². The molecule has 0 heterocycles. The summed E-state index contributed by atoms with van der Waals surface area (Å²) in [6, 6.07) is 5.08. The standard InChI is InChI=1S/C12H15BrFNO/c13-9-6-8(4-5-10(9)14)7-16-12-3-1-2-11(12)15/h4-6,11-12H,1-3,7,15H2. The third kappa shape index (κ3) is 2.81. The van der Waals surface area contributed by atoms with E-state index >= 15 is 0 Å². The smallest absolute Gasteiger partial charge is 0.137 e. The topological polar surface area (TPSA) is 35.2 Å². The second-order valence-corrected chi connectivity index (χ2v) is 5.05. The molecule has 2 unspecified atom stereocenters. The van der Waals surface area contributed by atoms with E-state index in [9.17, 15) is 4.39 Å². The number of hydrogen-bond acceptors (Lipinski definition) is 2. The molecule has 1 fully saturated rings. The predicted molar refractivity (Wildman–Crippen MR) is 64.5 cm³/mol. The SMILES string of the molecule is NC1CCCC1OCc1ccc(F)c(Br)c1. The highest BCUT2D eigenvalue weighted by Crippen LogP contribution is 2.23. The second kappa shape index (κ2) is 5.25. The van der Waals surface area contributed by atoms with Crippen LogP contribution in [0.15, 0.2) is 22.7 Å². The Balaban J connectivity index is 1.91. The van der Waals surface area contributed by atoms with Gasteiger partial charge in [0.15, 0.2) is 0 Å². The summed E-state index contributed by atoms with van der Waals surface area (Å²) in [4.78, 5) is 0. The van der Waals surface area contributed by atoms with Crippen LogP contribution in [-0.4, -0.2) is 12.1 Å². The summed E-state index contributed by atoms with van der Waals surface area (Å²) in [6.07, 6.45) is 3.36. The van der Waals surface area contributed by atoms with Crippen LogP contribution in [0.3, 0.4) is 0 Å². The molecule has 1 aromatic carbocycles. The Morgan fingerprint density at radius 2 is 2.25 bits per heavy atom. The molecule has 88 valence electrons. The van der Waals surface area contributed by atoms with E-state index in [0.29, 0.717) is 11.1 Å². The first-order chi connectivity index (χ1) is 7.66. The molecule has 0 bridgehead atoms. The average Bonchev–Trinajstić information content (AvgIpc) is 2.66. The Kier molecular flexibility index (Phi) is 3.95. The van der Waals surface area contributed by atoms with Crippen LogP contribution in [0.5, 0.6) is 0 Å². The van der Waals surface area contributed by atoms with Crippen molar-refractivity contribution >= 4 is 15.9 Å². The van der Waals surface area contributed by atoms with Crippen molar-refractivity contribution < 1.29 is 9.13 Å². The van der Waals surface area contributed by atoms with Crippen LogP contribution in [0.25, 0.3) is 0 Å². The summed E-state index contributed by atoms with van der Waals surface area (Å²) in [7, 11) is 0. The zero-order valence-electron chi connectivity index (χ0n) is 8.96. The normalized spacial score (nSPS) is 24.9. The fourth-order valence-electron chi connectivity index (χ4n) is 1.99. The molecular weight excluding hydrogens is 273 g/mol. The lowest BCUT2D eigenvalue weighted by Crippen LogP contribution is -2.31. The molecule has 1 saturated carbocycles. The minimum atomic E-state index is -0.249. The Labute approximate surface area is 103 Å². The largest absolute Gasteiger partial charge is 0.372 e. The van der Waals surface area contributed by atoms with Crippen LogP contribution < -0.4 is 5.73 Å². The van der Waals surface area contributed by atoms with Gasteiger partial charge in [-0.25, -0.2) is 4.39 Å². The molecule has 0 radical (unpaired) electrons. The van der Waals surface area contributed by atoms with Gasteiger partial charge in [-0.3, -0.25) is 0 Å². The van der Waals surface area contributed by atoms with E-state index in [2.05, 4.69) is 15.9 Å². The summed E-state index contributed by atoms with van der Waals surface area (Å²) in [5, 5.41) is 0. The quantitative estimate of drug-likeness (QED) is 0.928. The van der Waals surface area contributed by atoms with Crippen molar-refractivity contribution in [1.29, 1.82) is 0 Å². The maximum absolute atomic E-state index is 13.0. The van der Waals surface area contributed by atoms with Crippen molar-refractivity contribution in [2.24, 2.45) is 5.73 Å². The van der Waals surface area contributed by atoms with Crippen LogP contribution in [0, 0.1) is 5.82 Å². The van der Waals surface area contributed by atoms with Gasteiger partial charge in [0.2, 0.25) is 0 Å². The van der Waals surface area contributed by atoms with Crippen molar-refractivity contribution in [2.75, 3.05) is 0 Å². The highest BCUT2D eigenvalue weighted by molar-refractivity contribution is 9.10. The summed E-state index contributed by atoms with van der Waals surface area (Å²) < 4.78 is 19.2. The Morgan fingerprint density at radius 3 is 2.88 bits per heavy atom. The van der Waals surface area contributed by atoms with E-state index in [-0.39, 0.29) is 18.0 Å². The third-order valence-corrected chi connectivity index (χ3v) is 3.56. The summed E-state index contributed by atoms with van der Waals surface area (Å²) in [5.74, 6) is -0.249. The highest BCUT2D eigenvalue weighted by Gasteiger charge is 2.24. The zero-order chi connectivity index (χ0) is 11.5. The van der Waals surface area contributed by atoms with Gasteiger partial charge in [0, 0.05) is 6.04 Å². The predicted octanol–water partition coefficient (Wildman–Crippen LogP) is 2.98. The molecule has 16 heavy (non-hydrogen) atoms. The Morgan fingerprint density at radius 1 is 1.44 bits per heavy atom. The van der Waals surface area contributed by atoms with E-state index in [1.165, 1.54) is 6.07 Å². The van der Waals surface area contributed by atoms with Crippen molar-refractivity contribution in [3.8, 4) is 0 Å². The first kappa shape index (κ1) is 12.0. The van der Waals surface area contributed by atoms with Crippen LogP contribution in [0.2, 0.25) is 0 Å². The van der Waals surface area contributed by atoms with Gasteiger partial charge >= 0.3 is 0 Å². The first-order valence-corrected chi connectivity index (χ1v) is 6.27. The van der Waals surface area contributed by atoms with Crippen LogP contribution in [0.4, 0.5) is 4.39 Å². The summed E-state index contributed by atoms with van der Waals surface area (Å²) in [6.45, 7) is 0.497. The fourth-order valence-corrected chi connectivity index (χ4v) is 2.42. The van der Waals surface area contributed by atoms with E-state index in [1.807, 2.05) is 0 Å². The molecule has 1 aliphatic carbocycles. The Bertz CT molecular complexity index is 372. The van der Waals surface area contributed by atoms with E-state index in [4.69, 9.17) is 10.5 Å². The van der Waals surface area contributed by atoms with Crippen molar-refractivity contribution in [3.63, 3.8) is 0 Å². The van der Waals surface area contributed by atoms with Crippen molar-refractivity contribution in [3.05, 3.63) is 34.1 Å². The van der Waals surface area contributed by atoms with E-state index in [0.717, 1.165) is 24.8 Å². The van der Waals surface area contributed by atoms with Crippen molar-refractivity contribution in [2.45, 2.75) is 38.0 Å². The third-order valence-electron chi connectivity index (χ3n) is 2.95. The van der Waals surface area contributed by atoms with Gasteiger partial charge in [-0.2, -0.15) is 0 Å². The monoisotopic (exact) mass is 287 g/mol. The lowest BCUT2D eigenvalue weighted by Gasteiger charge is -2.16. The maximum atomic E-state index is 13.0. The Hall–Kier alpha value is -0.450. The lowest BCUT2D eigenvalue weighted by molar-refractivity contribution is 0.0357. The molecule has 0 aliphatic heterocycles. The molecule has 2 N–H and O–H groups in total. The second-order valence-electron chi connectivity index (χ2n) is 4.19. The number of benzene rings is 1. The number of nitrogens with two attached hydrogens (primary N) is 1. The molecule has 1 aromatic rings. The van der Waals surface area contributed by atoms with E-state index in [1.54, 1.807) is 12.1 Å². The molecule has 0 amide bonds. The average molecular weight is 288 g/mol. The molecule has 2 rings (SSSR count). The number of rotatable bonds is 3. The first-order valence-electron chi connectivity index (χ1n) is 5.48. The summed E-state index contributed by atoms with van der Waals surface area (Å²) in [5.41, 5.74) is 6.87. The van der Waals surface area contributed by atoms with Gasteiger partial charge in [0.25, 0.3) is 0 Å². The van der Waals surface area contributed by atoms with Gasteiger partial charge in [0.1, 0.15) is 5.82 Å². The lowest BCUT2D eigenvalue weighted by atomic mass is 10.2. The molecule has 1 aliphatic rings. The van der Waals surface area contributed by atoms with Gasteiger partial charge in [0.05, 0.1) is 17.2 Å². The summed E-state index contributed by atoms with van der Waals surface area (Å²) >= 11 is 3.16. The molecule has 0 spiro atoms. The molecule has 4 heteroatoms. The maximum Gasteiger partial charge on any atom is 0.137 e. The number of ether oxygens (including phenoxy) is 1. The van der Waals surface area contributed by atoms with Crippen LogP contribution in [0.1, 0.15) is 24.8 Å². The minimum absolute atomic E-state index is 0.156. The molecule has 0 saturated heterocycles. The van der Waals surface area contributed by atoms with Gasteiger partial charge in [-0.15, -0.1) is 0 Å². The zero-order valence-corrected chi connectivity index (χ0v) is 10.5. The number of hydrogen-bond donors (Lipinski definition) is 1. The molecule has 0 aromatic heterocycles. The van der Waals surface area contributed by atoms with Crippen LogP contribution >= 0.6 is 15.9 Å². The molecule has 2 atom stereocenters. The van der Waals surface area contributed by atoms with Gasteiger partial charge < -0.3 is 10.5 Å². The van der Waals surface area contributed by atoms with Crippen molar-refractivity contribution in [1.82, 2.24) is 0 Å². The highest BCUT2D eigenvalue weighted by atomic mass is 79.9. The van der Waals surface area contributed by atoms with Crippen LogP contribution in [-0.2, 0) is 11.3 Å². The van der Waals surface area contributed by atoms with E-state index < -0.39 is 0 Å². The molecular formula is C12H15BrFNO. The molecule has 2 nitrogen and oxygen atoms in total. The number of halogens is 2. The fraction of sp³-hybridized carbons (Fsp3) is 0.500.